The smallest absolute Gasteiger partial charge is 0.320 e. The normalized spacial score (nSPS) is 13.4. The zero-order chi connectivity index (χ0) is 16.0. The molecule has 0 spiro atoms. The fourth-order valence-electron chi connectivity index (χ4n) is 1.95. The molecule has 0 aliphatic rings. The summed E-state index contributed by atoms with van der Waals surface area (Å²) in [4.78, 5) is 21.7. The van der Waals surface area contributed by atoms with Gasteiger partial charge < -0.3 is 9.63 Å². The van der Waals surface area contributed by atoms with Gasteiger partial charge in [0.25, 0.3) is 7.52 Å². The van der Waals surface area contributed by atoms with Gasteiger partial charge in [-0.05, 0) is 24.1 Å². The first-order valence-electron chi connectivity index (χ1n) is 6.83. The second-order valence-electron chi connectivity index (χ2n) is 4.84. The molecule has 5 nitrogen and oxygen atoms in total. The van der Waals surface area contributed by atoms with Crippen LogP contribution in [-0.4, -0.2) is 17.4 Å². The number of nitrogens with one attached hydrogen (secondary N) is 1. The van der Waals surface area contributed by atoms with Crippen LogP contribution in [0.4, 0.5) is 0 Å². The Kier molecular flexibility index (Phi) is 5.50. The van der Waals surface area contributed by atoms with Gasteiger partial charge in [0.15, 0.2) is 0 Å². The Balaban J connectivity index is 1.88. The van der Waals surface area contributed by atoms with E-state index in [-0.39, 0.29) is 13.2 Å². The molecule has 0 heterocycles. The van der Waals surface area contributed by atoms with E-state index in [9.17, 15) is 14.3 Å². The predicted octanol–water partition coefficient (Wildman–Crippen LogP) is 2.14. The third-order valence-electron chi connectivity index (χ3n) is 3.12. The Morgan fingerprint density at radius 3 is 2.45 bits per heavy atom. The van der Waals surface area contributed by atoms with Crippen LogP contribution >= 0.6 is 7.52 Å². The highest BCUT2D eigenvalue weighted by Crippen LogP contribution is 2.34. The number of benzene rings is 2. The molecule has 116 valence electrons. The van der Waals surface area contributed by atoms with Crippen molar-refractivity contribution in [2.75, 3.05) is 6.54 Å². The molecule has 0 aliphatic carbocycles. The Hall–Kier alpha value is -1.94. The molecular formula is C16H18NO4P. The fraction of sp³-hybridized carbons (Fsp3) is 0.188. The van der Waals surface area contributed by atoms with Crippen LogP contribution in [0.2, 0.25) is 0 Å². The summed E-state index contributed by atoms with van der Waals surface area (Å²) in [6, 6.07) is 16.0. The molecule has 0 bridgehead atoms. The highest BCUT2D eigenvalue weighted by atomic mass is 31.2. The summed E-state index contributed by atoms with van der Waals surface area (Å²) in [5.41, 5.74) is 1.56. The van der Waals surface area contributed by atoms with E-state index in [2.05, 4.69) is 5.09 Å². The molecule has 2 N–H and O–H groups in total. The maximum atomic E-state index is 12.3. The molecule has 1 atom stereocenters. The number of carbonyl (C=O) groups is 1. The molecule has 22 heavy (non-hydrogen) atoms. The Morgan fingerprint density at radius 2 is 1.77 bits per heavy atom. The van der Waals surface area contributed by atoms with Gasteiger partial charge in [-0.3, -0.25) is 9.36 Å². The van der Waals surface area contributed by atoms with E-state index in [1.54, 1.807) is 31.2 Å². The second-order valence-corrected chi connectivity index (χ2v) is 6.79. The maximum Gasteiger partial charge on any atom is 0.320 e. The van der Waals surface area contributed by atoms with Crippen molar-refractivity contribution in [3.05, 3.63) is 65.7 Å². The minimum Gasteiger partial charge on any atom is -0.460 e. The highest BCUT2D eigenvalue weighted by Gasteiger charge is 2.23. The molecule has 0 saturated heterocycles. The van der Waals surface area contributed by atoms with Crippen molar-refractivity contribution in [2.45, 2.75) is 13.5 Å². The lowest BCUT2D eigenvalue weighted by Gasteiger charge is -2.15. The SMILES string of the molecule is Cc1ccccc1P(=O)(O)NCC(=O)OCc1ccccc1. The van der Waals surface area contributed by atoms with Crippen molar-refractivity contribution in [2.24, 2.45) is 0 Å². The van der Waals surface area contributed by atoms with Crippen LogP contribution < -0.4 is 10.4 Å². The van der Waals surface area contributed by atoms with Crippen LogP contribution in [0.15, 0.2) is 54.6 Å². The predicted molar refractivity (Wildman–Crippen MR) is 84.9 cm³/mol. The zero-order valence-electron chi connectivity index (χ0n) is 12.2. The number of hydrogen-bond donors (Lipinski definition) is 2. The molecule has 2 rings (SSSR count). The number of hydrogen-bond acceptors (Lipinski definition) is 3. The summed E-state index contributed by atoms with van der Waals surface area (Å²) in [6.45, 7) is 1.56. The quantitative estimate of drug-likeness (QED) is 0.630. The summed E-state index contributed by atoms with van der Waals surface area (Å²) < 4.78 is 17.3. The monoisotopic (exact) mass is 319 g/mol. The lowest BCUT2D eigenvalue weighted by Crippen LogP contribution is -2.27. The molecule has 0 aliphatic heterocycles. The summed E-state index contributed by atoms with van der Waals surface area (Å²) in [7, 11) is -3.78. The van der Waals surface area contributed by atoms with E-state index in [1.807, 2.05) is 30.3 Å². The van der Waals surface area contributed by atoms with Gasteiger partial charge in [-0.25, -0.2) is 5.09 Å². The maximum absolute atomic E-state index is 12.3. The molecule has 0 radical (unpaired) electrons. The fourth-order valence-corrected chi connectivity index (χ4v) is 3.30. The molecule has 0 fully saturated rings. The molecule has 1 unspecified atom stereocenters. The molecule has 2 aromatic rings. The minimum absolute atomic E-state index is 0.140. The van der Waals surface area contributed by atoms with Crippen molar-refractivity contribution < 1.29 is 19.0 Å². The summed E-state index contributed by atoms with van der Waals surface area (Å²) in [5.74, 6) is -0.577. The summed E-state index contributed by atoms with van der Waals surface area (Å²) >= 11 is 0. The van der Waals surface area contributed by atoms with E-state index >= 15 is 0 Å². The van der Waals surface area contributed by atoms with Gasteiger partial charge >= 0.3 is 5.97 Å². The molecular weight excluding hydrogens is 301 g/mol. The van der Waals surface area contributed by atoms with Gasteiger partial charge in [0, 0.05) is 0 Å². The molecule has 2 aromatic carbocycles. The average molecular weight is 319 g/mol. The first-order valence-corrected chi connectivity index (χ1v) is 8.48. The first kappa shape index (κ1) is 16.4. The van der Waals surface area contributed by atoms with E-state index in [1.165, 1.54) is 0 Å². The van der Waals surface area contributed by atoms with Gasteiger partial charge in [-0.1, -0.05) is 48.5 Å². The van der Waals surface area contributed by atoms with Crippen LogP contribution in [0.3, 0.4) is 0 Å². The van der Waals surface area contributed by atoms with Gasteiger partial charge in [0.05, 0.1) is 5.30 Å². The standard InChI is InChI=1S/C16H18NO4P/c1-13-7-5-6-10-15(13)22(19,20)17-11-16(18)21-12-14-8-3-2-4-9-14/h2-10H,11-12H2,1H3,(H2,17,19,20). The van der Waals surface area contributed by atoms with Crippen LogP contribution in [0.5, 0.6) is 0 Å². The van der Waals surface area contributed by atoms with Gasteiger partial charge in [-0.15, -0.1) is 0 Å². The Labute approximate surface area is 129 Å². The van der Waals surface area contributed by atoms with E-state index in [0.29, 0.717) is 10.9 Å². The number of aryl methyl sites for hydroxylation is 1. The number of carbonyl (C=O) groups excluding carboxylic acids is 1. The summed E-state index contributed by atoms with van der Waals surface area (Å²) in [5, 5.41) is 2.69. The second kappa shape index (κ2) is 7.36. The largest absolute Gasteiger partial charge is 0.460 e. The lowest BCUT2D eigenvalue weighted by molar-refractivity contribution is -0.143. The van der Waals surface area contributed by atoms with Crippen LogP contribution in [0.25, 0.3) is 0 Å². The summed E-state index contributed by atoms with van der Waals surface area (Å²) in [6.07, 6.45) is 0. The highest BCUT2D eigenvalue weighted by molar-refractivity contribution is 7.64. The van der Waals surface area contributed by atoms with Crippen molar-refractivity contribution in [3.8, 4) is 0 Å². The zero-order valence-corrected chi connectivity index (χ0v) is 13.1. The lowest BCUT2D eigenvalue weighted by atomic mass is 10.2. The van der Waals surface area contributed by atoms with E-state index < -0.39 is 13.5 Å². The Bertz CT molecular complexity index is 688. The minimum atomic E-state index is -3.78. The van der Waals surface area contributed by atoms with Gasteiger partial charge in [-0.2, -0.15) is 0 Å². The molecule has 0 saturated carbocycles. The van der Waals surface area contributed by atoms with Crippen molar-refractivity contribution >= 4 is 18.8 Å². The molecule has 0 amide bonds. The van der Waals surface area contributed by atoms with Crippen molar-refractivity contribution in [1.82, 2.24) is 5.09 Å². The van der Waals surface area contributed by atoms with Crippen molar-refractivity contribution in [1.29, 1.82) is 0 Å². The number of rotatable bonds is 6. The molecule has 0 aromatic heterocycles. The van der Waals surface area contributed by atoms with Gasteiger partial charge in [0.2, 0.25) is 0 Å². The van der Waals surface area contributed by atoms with Crippen LogP contribution in [0.1, 0.15) is 11.1 Å². The first-order chi connectivity index (χ1) is 10.5. The van der Waals surface area contributed by atoms with Crippen LogP contribution in [-0.2, 0) is 20.7 Å². The van der Waals surface area contributed by atoms with Gasteiger partial charge in [0.1, 0.15) is 13.2 Å². The third-order valence-corrected chi connectivity index (χ3v) is 4.86. The number of esters is 1. The average Bonchev–Trinajstić information content (AvgIpc) is 2.52. The van der Waals surface area contributed by atoms with E-state index in [0.717, 1.165) is 5.56 Å². The Morgan fingerprint density at radius 1 is 1.14 bits per heavy atom. The topological polar surface area (TPSA) is 75.6 Å². The van der Waals surface area contributed by atoms with Crippen LogP contribution in [0, 0.1) is 6.92 Å². The molecule has 6 heteroatoms. The van der Waals surface area contributed by atoms with E-state index in [4.69, 9.17) is 4.74 Å². The van der Waals surface area contributed by atoms with Crippen molar-refractivity contribution in [3.63, 3.8) is 0 Å². The number of ether oxygens (including phenoxy) is 1. The third kappa shape index (κ3) is 4.53.